The van der Waals surface area contributed by atoms with Crippen molar-refractivity contribution in [2.24, 2.45) is 0 Å². The van der Waals surface area contributed by atoms with Gasteiger partial charge < -0.3 is 23.9 Å². The Morgan fingerprint density at radius 3 is 2.66 bits per heavy atom. The normalized spacial score (nSPS) is 22.8. The van der Waals surface area contributed by atoms with E-state index in [1.807, 2.05) is 16.7 Å². The van der Waals surface area contributed by atoms with Crippen molar-refractivity contribution in [1.82, 2.24) is 14.5 Å². The molecule has 1 N–H and O–H groups in total. The van der Waals surface area contributed by atoms with Gasteiger partial charge in [-0.1, -0.05) is 35.3 Å². The van der Waals surface area contributed by atoms with Gasteiger partial charge in [0.1, 0.15) is 11.6 Å². The molecule has 2 fully saturated rings. The number of ether oxygens (including phenoxy) is 3. The molecule has 0 saturated carbocycles. The topological polar surface area (TPSA) is 86.1 Å². The zero-order valence-corrected chi connectivity index (χ0v) is 24.0. The van der Waals surface area contributed by atoms with E-state index in [4.69, 9.17) is 42.5 Å². The number of halogens is 3. The summed E-state index contributed by atoms with van der Waals surface area (Å²) in [7, 11) is 0. The van der Waals surface area contributed by atoms with Crippen LogP contribution in [0, 0.1) is 5.82 Å². The highest BCUT2D eigenvalue weighted by molar-refractivity contribution is 6.31. The SMILES string of the molecule is C[C@]1(c2ccc(Cl)cc2F)Oc2cccc(C3CCN(Cc4nc(Cl)c(/C=C/C(=O)O)n4C[C@@H]4CCO4)CC3)c2O1. The third-order valence-corrected chi connectivity index (χ3v) is 8.54. The smallest absolute Gasteiger partial charge is 0.328 e. The highest BCUT2D eigenvalue weighted by Crippen LogP contribution is 2.49. The number of aliphatic carboxylic acids is 1. The molecule has 3 aliphatic rings. The number of carbonyl (C=O) groups is 1. The average Bonchev–Trinajstić information content (AvgIpc) is 3.40. The standard InChI is InChI=1S/C30H30Cl2FN3O5/c1-30(22-6-5-19(31)15-23(22)33)40-25-4-2-3-21(28(25)41-30)18-9-12-35(13-10-18)17-26-34-29(32)24(7-8-27(37)38)36(26)16-20-11-14-39-20/h2-8,15,18,20H,9-14,16-17H2,1H3,(H,37,38)/b8-7+/t20-,30-/m0/s1. The van der Waals surface area contributed by atoms with Gasteiger partial charge in [0.05, 0.1) is 30.5 Å². The summed E-state index contributed by atoms with van der Waals surface area (Å²) in [6.45, 7) is 5.24. The first-order chi connectivity index (χ1) is 19.7. The minimum Gasteiger partial charge on any atom is -0.478 e. The maximum Gasteiger partial charge on any atom is 0.328 e. The van der Waals surface area contributed by atoms with Crippen molar-refractivity contribution in [2.75, 3.05) is 19.7 Å². The van der Waals surface area contributed by atoms with Gasteiger partial charge in [-0.2, -0.15) is 0 Å². The maximum absolute atomic E-state index is 14.8. The Morgan fingerprint density at radius 2 is 1.98 bits per heavy atom. The van der Waals surface area contributed by atoms with Crippen LogP contribution in [0.1, 0.15) is 54.7 Å². The molecule has 0 radical (unpaired) electrons. The largest absolute Gasteiger partial charge is 0.478 e. The van der Waals surface area contributed by atoms with Crippen LogP contribution in [0.4, 0.5) is 4.39 Å². The third-order valence-electron chi connectivity index (χ3n) is 8.03. The molecule has 11 heteroatoms. The Balaban J connectivity index is 1.16. The van der Waals surface area contributed by atoms with E-state index in [1.54, 1.807) is 19.1 Å². The van der Waals surface area contributed by atoms with E-state index in [0.29, 0.717) is 35.3 Å². The molecule has 41 heavy (non-hydrogen) atoms. The number of piperidine rings is 1. The number of carboxylic acids is 1. The number of imidazole rings is 1. The van der Waals surface area contributed by atoms with E-state index in [9.17, 15) is 9.18 Å². The van der Waals surface area contributed by atoms with E-state index in [0.717, 1.165) is 56.4 Å². The molecule has 3 aromatic rings. The van der Waals surface area contributed by atoms with Crippen LogP contribution in [-0.4, -0.2) is 51.3 Å². The Labute approximate surface area is 247 Å². The fourth-order valence-electron chi connectivity index (χ4n) is 5.79. The summed E-state index contributed by atoms with van der Waals surface area (Å²) < 4.78 is 34.9. The Kier molecular flexibility index (Phi) is 7.72. The van der Waals surface area contributed by atoms with Gasteiger partial charge in [-0.15, -0.1) is 0 Å². The van der Waals surface area contributed by atoms with E-state index >= 15 is 0 Å². The molecule has 2 atom stereocenters. The summed E-state index contributed by atoms with van der Waals surface area (Å²) in [6.07, 6.45) is 5.35. The monoisotopic (exact) mass is 601 g/mol. The number of nitrogens with zero attached hydrogens (tertiary/aromatic N) is 3. The molecular weight excluding hydrogens is 572 g/mol. The van der Waals surface area contributed by atoms with Gasteiger partial charge in [0.15, 0.2) is 16.7 Å². The second-order valence-corrected chi connectivity index (χ2v) is 11.6. The molecular formula is C30H30Cl2FN3O5. The summed E-state index contributed by atoms with van der Waals surface area (Å²) in [5, 5.41) is 9.71. The van der Waals surface area contributed by atoms with Crippen molar-refractivity contribution >= 4 is 35.2 Å². The summed E-state index contributed by atoms with van der Waals surface area (Å²) in [4.78, 5) is 18.0. The highest BCUT2D eigenvalue weighted by atomic mass is 35.5. The quantitative estimate of drug-likeness (QED) is 0.306. The number of carboxylic acid groups (broad SMARTS) is 1. The first kappa shape index (κ1) is 28.0. The molecule has 1 aromatic heterocycles. The zero-order valence-electron chi connectivity index (χ0n) is 22.5. The molecule has 4 heterocycles. The molecule has 3 aliphatic heterocycles. The van der Waals surface area contributed by atoms with Crippen LogP contribution in [0.5, 0.6) is 11.5 Å². The number of aromatic nitrogens is 2. The molecule has 2 aromatic carbocycles. The van der Waals surface area contributed by atoms with Gasteiger partial charge in [0.25, 0.3) is 5.79 Å². The minimum atomic E-state index is -1.29. The fourth-order valence-corrected chi connectivity index (χ4v) is 6.21. The Bertz CT molecular complexity index is 1500. The van der Waals surface area contributed by atoms with Gasteiger partial charge in [-0.3, -0.25) is 4.90 Å². The number of benzene rings is 2. The van der Waals surface area contributed by atoms with Crippen LogP contribution >= 0.6 is 23.2 Å². The molecule has 0 amide bonds. The van der Waals surface area contributed by atoms with E-state index in [1.165, 1.54) is 12.1 Å². The van der Waals surface area contributed by atoms with Crippen LogP contribution in [0.2, 0.25) is 10.2 Å². The Morgan fingerprint density at radius 1 is 1.20 bits per heavy atom. The molecule has 0 spiro atoms. The summed E-state index contributed by atoms with van der Waals surface area (Å²) >= 11 is 12.4. The molecule has 216 valence electrons. The zero-order chi connectivity index (χ0) is 28.7. The first-order valence-electron chi connectivity index (χ1n) is 13.7. The lowest BCUT2D eigenvalue weighted by molar-refractivity contribution is -0.131. The van der Waals surface area contributed by atoms with Crippen molar-refractivity contribution in [3.05, 3.63) is 81.1 Å². The van der Waals surface area contributed by atoms with E-state index in [2.05, 4.69) is 16.0 Å². The van der Waals surface area contributed by atoms with Gasteiger partial charge in [0.2, 0.25) is 0 Å². The predicted molar refractivity (Wildman–Crippen MR) is 152 cm³/mol. The number of para-hydroxylation sites is 1. The summed E-state index contributed by atoms with van der Waals surface area (Å²) in [6, 6.07) is 10.3. The maximum atomic E-state index is 14.8. The van der Waals surface area contributed by atoms with E-state index in [-0.39, 0.29) is 22.7 Å². The van der Waals surface area contributed by atoms with Crippen LogP contribution < -0.4 is 9.47 Å². The lowest BCUT2D eigenvalue weighted by atomic mass is 9.88. The molecule has 2 saturated heterocycles. The summed E-state index contributed by atoms with van der Waals surface area (Å²) in [5.74, 6) is -0.542. The number of hydrogen-bond donors (Lipinski definition) is 1. The molecule has 8 nitrogen and oxygen atoms in total. The number of fused-ring (bicyclic) bond motifs is 1. The van der Waals surface area contributed by atoms with Crippen LogP contribution in [-0.2, 0) is 28.4 Å². The number of likely N-dealkylation sites (tertiary alicyclic amines) is 1. The van der Waals surface area contributed by atoms with Crippen LogP contribution in [0.25, 0.3) is 6.08 Å². The second kappa shape index (κ2) is 11.3. The lowest BCUT2D eigenvalue weighted by Gasteiger charge is -2.33. The molecule has 6 rings (SSSR count). The van der Waals surface area contributed by atoms with Crippen LogP contribution in [0.3, 0.4) is 0 Å². The summed E-state index contributed by atoms with van der Waals surface area (Å²) in [5.41, 5.74) is 1.91. The van der Waals surface area contributed by atoms with Crippen molar-refractivity contribution in [2.45, 2.75) is 57.1 Å². The first-order valence-corrected chi connectivity index (χ1v) is 14.4. The van der Waals surface area contributed by atoms with Crippen molar-refractivity contribution in [3.8, 4) is 11.5 Å². The minimum absolute atomic E-state index is 0.0659. The predicted octanol–water partition coefficient (Wildman–Crippen LogP) is 6.24. The van der Waals surface area contributed by atoms with Crippen molar-refractivity contribution < 1.29 is 28.5 Å². The number of hydrogen-bond acceptors (Lipinski definition) is 6. The third kappa shape index (κ3) is 5.68. The second-order valence-electron chi connectivity index (χ2n) is 10.8. The molecule has 0 unspecified atom stereocenters. The number of rotatable bonds is 8. The fraction of sp³-hybridized carbons (Fsp3) is 0.400. The van der Waals surface area contributed by atoms with Crippen molar-refractivity contribution in [1.29, 1.82) is 0 Å². The van der Waals surface area contributed by atoms with Crippen LogP contribution in [0.15, 0.2) is 42.5 Å². The Hall–Kier alpha value is -3.11. The van der Waals surface area contributed by atoms with Crippen molar-refractivity contribution in [3.63, 3.8) is 0 Å². The molecule has 0 aliphatic carbocycles. The lowest BCUT2D eigenvalue weighted by Crippen LogP contribution is -2.35. The van der Waals surface area contributed by atoms with Gasteiger partial charge in [0, 0.05) is 30.2 Å². The van der Waals surface area contributed by atoms with Gasteiger partial charge in [-0.05, 0) is 68.6 Å². The molecule has 0 bridgehead atoms. The van der Waals surface area contributed by atoms with Gasteiger partial charge in [-0.25, -0.2) is 14.2 Å². The van der Waals surface area contributed by atoms with E-state index < -0.39 is 17.6 Å². The van der Waals surface area contributed by atoms with Gasteiger partial charge >= 0.3 is 5.97 Å². The highest BCUT2D eigenvalue weighted by Gasteiger charge is 2.43. The average molecular weight is 602 g/mol.